The van der Waals surface area contributed by atoms with E-state index < -0.39 is 23.7 Å². The highest BCUT2D eigenvalue weighted by Crippen LogP contribution is 2.13. The molecule has 2 rings (SSSR count). The molecule has 1 aromatic heterocycles. The fraction of sp³-hybridized carbons (Fsp3) is 0.353. The summed E-state index contributed by atoms with van der Waals surface area (Å²) in [5.74, 6) is -1.13. The topological polar surface area (TPSA) is 88.5 Å². The Morgan fingerprint density at radius 3 is 2.57 bits per heavy atom. The molecule has 6 heteroatoms. The van der Waals surface area contributed by atoms with E-state index >= 15 is 0 Å². The van der Waals surface area contributed by atoms with Crippen LogP contribution in [0.5, 0.6) is 0 Å². The van der Waals surface area contributed by atoms with Crippen LogP contribution >= 0.6 is 0 Å². The Kier molecular flexibility index (Phi) is 4.83. The molecule has 122 valence electrons. The van der Waals surface area contributed by atoms with Gasteiger partial charge < -0.3 is 15.2 Å². The van der Waals surface area contributed by atoms with Crippen molar-refractivity contribution in [2.24, 2.45) is 0 Å². The van der Waals surface area contributed by atoms with Crippen molar-refractivity contribution in [2.45, 2.75) is 38.8 Å². The van der Waals surface area contributed by atoms with Crippen molar-refractivity contribution >= 4 is 23.0 Å². The number of carbonyl (C=O) groups is 2. The number of nitrogens with zero attached hydrogens (tertiary/aromatic N) is 1. The summed E-state index contributed by atoms with van der Waals surface area (Å²) < 4.78 is 5.09. The van der Waals surface area contributed by atoms with E-state index in [2.05, 4.69) is 10.3 Å². The van der Waals surface area contributed by atoms with Gasteiger partial charge in [-0.05, 0) is 32.9 Å². The second kappa shape index (κ2) is 6.64. The lowest BCUT2D eigenvalue weighted by Gasteiger charge is -2.22. The number of hydrogen-bond acceptors (Lipinski definition) is 4. The molecule has 0 bridgehead atoms. The highest BCUT2D eigenvalue weighted by Gasteiger charge is 2.24. The minimum atomic E-state index is -1.13. The molecule has 1 atom stereocenters. The Morgan fingerprint density at radius 2 is 1.91 bits per heavy atom. The molecule has 0 spiro atoms. The van der Waals surface area contributed by atoms with Crippen molar-refractivity contribution in [2.75, 3.05) is 0 Å². The van der Waals surface area contributed by atoms with Gasteiger partial charge in [0.1, 0.15) is 11.6 Å². The van der Waals surface area contributed by atoms with Crippen LogP contribution in [-0.2, 0) is 16.0 Å². The number of carbonyl (C=O) groups excluding carboxylic acids is 1. The Balaban J connectivity index is 2.11. The Labute approximate surface area is 134 Å². The zero-order valence-corrected chi connectivity index (χ0v) is 13.4. The van der Waals surface area contributed by atoms with E-state index in [1.54, 1.807) is 26.8 Å². The Morgan fingerprint density at radius 1 is 1.22 bits per heavy atom. The molecule has 0 saturated carbocycles. The lowest BCUT2D eigenvalue weighted by atomic mass is 10.1. The van der Waals surface area contributed by atoms with E-state index in [-0.39, 0.29) is 6.42 Å². The highest BCUT2D eigenvalue weighted by molar-refractivity contribution is 5.81. The molecule has 23 heavy (non-hydrogen) atoms. The molecule has 0 radical (unpaired) electrons. The molecule has 0 unspecified atom stereocenters. The van der Waals surface area contributed by atoms with Crippen LogP contribution in [0.3, 0.4) is 0 Å². The molecular formula is C17H20N2O4. The number of amides is 1. The van der Waals surface area contributed by atoms with Crippen LogP contribution in [0.2, 0.25) is 0 Å². The highest BCUT2D eigenvalue weighted by atomic mass is 16.6. The van der Waals surface area contributed by atoms with Gasteiger partial charge in [0.25, 0.3) is 0 Å². The molecule has 2 N–H and O–H groups in total. The predicted molar refractivity (Wildman–Crippen MR) is 86.2 cm³/mol. The normalized spacial score (nSPS) is 12.7. The van der Waals surface area contributed by atoms with Gasteiger partial charge in [0.2, 0.25) is 0 Å². The van der Waals surface area contributed by atoms with Gasteiger partial charge in [0.05, 0.1) is 5.52 Å². The van der Waals surface area contributed by atoms with Crippen molar-refractivity contribution in [1.29, 1.82) is 0 Å². The summed E-state index contributed by atoms with van der Waals surface area (Å²) in [4.78, 5) is 27.6. The number of benzene rings is 1. The van der Waals surface area contributed by atoms with Gasteiger partial charge in [0, 0.05) is 17.5 Å². The zero-order chi connectivity index (χ0) is 17.0. The first-order valence-corrected chi connectivity index (χ1v) is 7.31. The standard InChI is InChI=1S/C17H20N2O4/c1-17(2,3)23-16(22)19-14(15(20)21)10-12-9-8-11-6-4-5-7-13(11)18-12/h4-9,14H,10H2,1-3H3,(H,19,22)(H,20,21)/t14-/m0/s1. The van der Waals surface area contributed by atoms with E-state index in [0.717, 1.165) is 10.9 Å². The maximum absolute atomic E-state index is 11.8. The lowest BCUT2D eigenvalue weighted by molar-refractivity contribution is -0.139. The van der Waals surface area contributed by atoms with Crippen molar-refractivity contribution < 1.29 is 19.4 Å². The summed E-state index contributed by atoms with van der Waals surface area (Å²) in [6, 6.07) is 10.1. The molecule has 1 heterocycles. The molecule has 1 amide bonds. The monoisotopic (exact) mass is 316 g/mol. The van der Waals surface area contributed by atoms with Crippen LogP contribution in [0.4, 0.5) is 4.79 Å². The van der Waals surface area contributed by atoms with Gasteiger partial charge in [-0.15, -0.1) is 0 Å². The number of carboxylic acid groups (broad SMARTS) is 1. The number of aliphatic carboxylic acids is 1. The Bertz CT molecular complexity index is 722. The minimum absolute atomic E-state index is 0.0827. The van der Waals surface area contributed by atoms with Crippen molar-refractivity contribution in [3.05, 3.63) is 42.1 Å². The summed E-state index contributed by atoms with van der Waals surface area (Å²) in [5, 5.41) is 12.6. The van der Waals surface area contributed by atoms with Crippen LogP contribution in [0.15, 0.2) is 36.4 Å². The maximum atomic E-state index is 11.8. The summed E-state index contributed by atoms with van der Waals surface area (Å²) in [7, 11) is 0. The molecule has 2 aromatic rings. The molecule has 0 fully saturated rings. The van der Waals surface area contributed by atoms with Gasteiger partial charge in [-0.25, -0.2) is 9.59 Å². The molecule has 1 aromatic carbocycles. The average molecular weight is 316 g/mol. The fourth-order valence-corrected chi connectivity index (χ4v) is 2.08. The lowest BCUT2D eigenvalue weighted by Crippen LogP contribution is -2.44. The number of nitrogens with one attached hydrogen (secondary N) is 1. The van der Waals surface area contributed by atoms with Crippen molar-refractivity contribution in [1.82, 2.24) is 10.3 Å². The zero-order valence-electron chi connectivity index (χ0n) is 13.4. The van der Waals surface area contributed by atoms with Gasteiger partial charge >= 0.3 is 12.1 Å². The van der Waals surface area contributed by atoms with Crippen LogP contribution in [0.1, 0.15) is 26.5 Å². The van der Waals surface area contributed by atoms with Gasteiger partial charge in [-0.3, -0.25) is 4.98 Å². The predicted octanol–water partition coefficient (Wildman–Crippen LogP) is 2.76. The molecule has 0 saturated heterocycles. The Hall–Kier alpha value is -2.63. The van der Waals surface area contributed by atoms with Crippen molar-refractivity contribution in [3.63, 3.8) is 0 Å². The number of alkyl carbamates (subject to hydrolysis) is 1. The third-order valence-electron chi connectivity index (χ3n) is 3.06. The second-order valence-corrected chi connectivity index (χ2v) is 6.24. The number of pyridine rings is 1. The van der Waals surface area contributed by atoms with E-state index in [4.69, 9.17) is 4.74 Å². The van der Waals surface area contributed by atoms with Gasteiger partial charge in [-0.1, -0.05) is 24.3 Å². The molecule has 0 aliphatic heterocycles. The largest absolute Gasteiger partial charge is 0.480 e. The van der Waals surface area contributed by atoms with Crippen LogP contribution in [0.25, 0.3) is 10.9 Å². The average Bonchev–Trinajstić information content (AvgIpc) is 2.44. The molecule has 0 aliphatic carbocycles. The number of aromatic nitrogens is 1. The summed E-state index contributed by atoms with van der Waals surface area (Å²) >= 11 is 0. The number of ether oxygens (including phenoxy) is 1. The third-order valence-corrected chi connectivity index (χ3v) is 3.06. The van der Waals surface area contributed by atoms with E-state index in [1.165, 1.54) is 0 Å². The first-order chi connectivity index (χ1) is 10.7. The molecule has 6 nitrogen and oxygen atoms in total. The minimum Gasteiger partial charge on any atom is -0.480 e. The second-order valence-electron chi connectivity index (χ2n) is 6.24. The van der Waals surface area contributed by atoms with E-state index in [1.807, 2.05) is 30.3 Å². The van der Waals surface area contributed by atoms with Crippen molar-refractivity contribution in [3.8, 4) is 0 Å². The van der Waals surface area contributed by atoms with E-state index in [9.17, 15) is 14.7 Å². The summed E-state index contributed by atoms with van der Waals surface area (Å²) in [6.07, 6.45) is -0.676. The SMILES string of the molecule is CC(C)(C)OC(=O)N[C@@H](Cc1ccc2ccccc2n1)C(=O)O. The van der Waals surface area contributed by atoms with Crippen LogP contribution < -0.4 is 5.32 Å². The molecular weight excluding hydrogens is 296 g/mol. The molecule has 0 aliphatic rings. The smallest absolute Gasteiger partial charge is 0.408 e. The van der Waals surface area contributed by atoms with Gasteiger partial charge in [0.15, 0.2) is 0 Å². The van der Waals surface area contributed by atoms with Crippen LogP contribution in [0, 0.1) is 0 Å². The number of para-hydroxylation sites is 1. The summed E-state index contributed by atoms with van der Waals surface area (Å²) in [5.41, 5.74) is 0.687. The number of fused-ring (bicyclic) bond motifs is 1. The fourth-order valence-electron chi connectivity index (χ4n) is 2.08. The first-order valence-electron chi connectivity index (χ1n) is 7.31. The number of hydrogen-bond donors (Lipinski definition) is 2. The number of carboxylic acids is 1. The summed E-state index contributed by atoms with van der Waals surface area (Å²) in [6.45, 7) is 5.15. The van der Waals surface area contributed by atoms with Crippen LogP contribution in [-0.4, -0.2) is 33.8 Å². The first kappa shape index (κ1) is 16.7. The third kappa shape index (κ3) is 4.95. The quantitative estimate of drug-likeness (QED) is 0.905. The van der Waals surface area contributed by atoms with Gasteiger partial charge in [-0.2, -0.15) is 0 Å². The number of rotatable bonds is 4. The maximum Gasteiger partial charge on any atom is 0.408 e. The van der Waals surface area contributed by atoms with E-state index in [0.29, 0.717) is 5.69 Å².